The van der Waals surface area contributed by atoms with Crippen molar-refractivity contribution in [2.45, 2.75) is 18.8 Å². The molecular weight excluding hydrogens is 370 g/mol. The number of ether oxygens (including phenoxy) is 1. The Morgan fingerprint density at radius 2 is 1.89 bits per heavy atom. The normalized spacial score (nSPS) is 14.9. The van der Waals surface area contributed by atoms with Gasteiger partial charge in [-0.15, -0.1) is 10.2 Å². The number of nitrogens with zero attached hydrogens (tertiary/aromatic N) is 4. The Morgan fingerprint density at radius 3 is 2.57 bits per heavy atom. The highest BCUT2D eigenvalue weighted by Gasteiger charge is 2.28. The van der Waals surface area contributed by atoms with Crippen LogP contribution >= 0.6 is 0 Å². The van der Waals surface area contributed by atoms with Gasteiger partial charge in [0.1, 0.15) is 11.6 Å². The topological polar surface area (TPSA) is 81.4 Å². The van der Waals surface area contributed by atoms with E-state index >= 15 is 0 Å². The van der Waals surface area contributed by atoms with Crippen LogP contribution in [0.2, 0.25) is 0 Å². The quantitative estimate of drug-likeness (QED) is 0.681. The molecule has 4 rings (SSSR count). The number of likely N-dealkylation sites (tertiary alicyclic amines) is 1. The van der Waals surface area contributed by atoms with E-state index in [0.717, 1.165) is 18.2 Å². The van der Waals surface area contributed by atoms with Gasteiger partial charge in [-0.1, -0.05) is 0 Å². The van der Waals surface area contributed by atoms with Crippen molar-refractivity contribution < 1.29 is 22.7 Å². The molecule has 3 aromatic rings. The lowest BCUT2D eigenvalue weighted by Crippen LogP contribution is -2.39. The Balaban J connectivity index is 1.38. The summed E-state index contributed by atoms with van der Waals surface area (Å²) in [6.07, 6.45) is 3.86. The molecule has 0 aliphatic carbocycles. The molecule has 1 aliphatic rings. The minimum absolute atomic E-state index is 0.0397. The van der Waals surface area contributed by atoms with E-state index in [1.54, 1.807) is 23.2 Å². The number of pyridine rings is 1. The molecule has 28 heavy (non-hydrogen) atoms. The molecule has 0 N–H and O–H groups in total. The van der Waals surface area contributed by atoms with Crippen LogP contribution in [0.3, 0.4) is 0 Å². The van der Waals surface area contributed by atoms with E-state index in [1.807, 2.05) is 0 Å². The molecule has 9 heteroatoms. The van der Waals surface area contributed by atoms with Gasteiger partial charge in [-0.05, 0) is 37.1 Å². The first-order chi connectivity index (χ1) is 13.6. The number of halogens is 2. The van der Waals surface area contributed by atoms with Gasteiger partial charge in [-0.3, -0.25) is 4.98 Å². The summed E-state index contributed by atoms with van der Waals surface area (Å²) in [7, 11) is 0. The minimum Gasteiger partial charge on any atom is -0.420 e. The lowest BCUT2D eigenvalue weighted by atomic mass is 9.97. The highest BCUT2D eigenvalue weighted by Crippen LogP contribution is 2.30. The summed E-state index contributed by atoms with van der Waals surface area (Å²) in [5.41, 5.74) is 0.189. The van der Waals surface area contributed by atoms with Crippen LogP contribution in [0.4, 0.5) is 13.6 Å². The van der Waals surface area contributed by atoms with Gasteiger partial charge in [0.2, 0.25) is 11.8 Å². The number of rotatable bonds is 3. The van der Waals surface area contributed by atoms with Crippen LogP contribution in [0, 0.1) is 11.6 Å². The zero-order chi connectivity index (χ0) is 19.5. The number of carbonyl (C=O) groups excluding carboxylic acids is 1. The van der Waals surface area contributed by atoms with Gasteiger partial charge in [0.15, 0.2) is 5.75 Å². The average molecular weight is 386 g/mol. The number of hydrogen-bond donors (Lipinski definition) is 0. The zero-order valence-electron chi connectivity index (χ0n) is 14.7. The molecule has 1 fully saturated rings. The van der Waals surface area contributed by atoms with Gasteiger partial charge < -0.3 is 14.1 Å². The van der Waals surface area contributed by atoms with E-state index < -0.39 is 17.7 Å². The van der Waals surface area contributed by atoms with Gasteiger partial charge in [-0.25, -0.2) is 13.6 Å². The lowest BCUT2D eigenvalue weighted by molar-refractivity contribution is 0.136. The molecule has 1 saturated heterocycles. The van der Waals surface area contributed by atoms with Crippen LogP contribution in [-0.2, 0) is 0 Å². The number of carbonyl (C=O) groups is 1. The minimum atomic E-state index is -0.713. The standard InChI is InChI=1S/C19H16F2N4O3/c20-14-8-13(9-15(21)10-14)18-24-23-17(28-18)12-3-6-25(7-4-12)19(26)27-16-2-1-5-22-11-16/h1-2,5,8-12H,3-4,6-7H2. The van der Waals surface area contributed by atoms with Gasteiger partial charge in [-0.2, -0.15) is 0 Å². The second kappa shape index (κ2) is 7.71. The predicted octanol–water partition coefficient (Wildman–Crippen LogP) is 3.79. The highest BCUT2D eigenvalue weighted by atomic mass is 19.1. The largest absolute Gasteiger partial charge is 0.420 e. The van der Waals surface area contributed by atoms with E-state index in [4.69, 9.17) is 9.15 Å². The molecule has 3 heterocycles. The molecule has 0 radical (unpaired) electrons. The fraction of sp³-hybridized carbons (Fsp3) is 0.263. The summed E-state index contributed by atoms with van der Waals surface area (Å²) in [6.45, 7) is 0.937. The van der Waals surface area contributed by atoms with Crippen molar-refractivity contribution >= 4 is 6.09 Å². The van der Waals surface area contributed by atoms with Crippen molar-refractivity contribution in [3.8, 4) is 17.2 Å². The summed E-state index contributed by atoms with van der Waals surface area (Å²) < 4.78 is 37.6. The Hall–Kier alpha value is -3.36. The molecular formula is C19H16F2N4O3. The summed E-state index contributed by atoms with van der Waals surface area (Å²) in [5.74, 6) is -0.627. The van der Waals surface area contributed by atoms with Gasteiger partial charge >= 0.3 is 6.09 Å². The Bertz CT molecular complexity index is 952. The third-order valence-electron chi connectivity index (χ3n) is 4.49. The molecule has 0 unspecified atom stereocenters. The van der Waals surface area contributed by atoms with E-state index in [1.165, 1.54) is 6.20 Å². The Kier molecular flexibility index (Phi) is 4.96. The highest BCUT2D eigenvalue weighted by molar-refractivity contribution is 5.70. The van der Waals surface area contributed by atoms with Crippen LogP contribution in [0.15, 0.2) is 47.1 Å². The summed E-state index contributed by atoms with van der Waals surface area (Å²) in [4.78, 5) is 17.7. The number of aromatic nitrogens is 3. The van der Waals surface area contributed by atoms with E-state index in [9.17, 15) is 13.6 Å². The van der Waals surface area contributed by atoms with E-state index in [0.29, 0.717) is 37.6 Å². The van der Waals surface area contributed by atoms with Gasteiger partial charge in [0.05, 0.1) is 6.20 Å². The molecule has 7 nitrogen and oxygen atoms in total. The maximum absolute atomic E-state index is 13.4. The molecule has 0 spiro atoms. The molecule has 1 aromatic carbocycles. The monoisotopic (exact) mass is 386 g/mol. The smallest absolute Gasteiger partial charge is 0.415 e. The fourth-order valence-corrected chi connectivity index (χ4v) is 3.08. The lowest BCUT2D eigenvalue weighted by Gasteiger charge is -2.29. The molecule has 1 amide bonds. The van der Waals surface area contributed by atoms with Crippen LogP contribution in [0.1, 0.15) is 24.7 Å². The van der Waals surface area contributed by atoms with Crippen molar-refractivity contribution in [2.24, 2.45) is 0 Å². The van der Waals surface area contributed by atoms with Gasteiger partial charge in [0, 0.05) is 36.8 Å². The summed E-state index contributed by atoms with van der Waals surface area (Å²) >= 11 is 0. The molecule has 0 bridgehead atoms. The number of benzene rings is 1. The first kappa shape index (κ1) is 18.0. The van der Waals surface area contributed by atoms with Crippen molar-refractivity contribution in [2.75, 3.05) is 13.1 Å². The van der Waals surface area contributed by atoms with E-state index in [-0.39, 0.29) is 17.4 Å². The molecule has 0 atom stereocenters. The van der Waals surface area contributed by atoms with Crippen LogP contribution in [0.5, 0.6) is 5.75 Å². The van der Waals surface area contributed by atoms with Crippen LogP contribution in [-0.4, -0.2) is 39.3 Å². The SMILES string of the molecule is O=C(Oc1cccnc1)N1CCC(c2nnc(-c3cc(F)cc(F)c3)o2)CC1. The first-order valence-corrected chi connectivity index (χ1v) is 8.75. The maximum Gasteiger partial charge on any atom is 0.415 e. The van der Waals surface area contributed by atoms with E-state index in [2.05, 4.69) is 15.2 Å². The number of hydrogen-bond acceptors (Lipinski definition) is 6. The van der Waals surface area contributed by atoms with Crippen molar-refractivity contribution in [1.29, 1.82) is 0 Å². The first-order valence-electron chi connectivity index (χ1n) is 8.75. The Morgan fingerprint density at radius 1 is 1.14 bits per heavy atom. The van der Waals surface area contributed by atoms with Crippen LogP contribution in [0.25, 0.3) is 11.5 Å². The molecule has 144 valence electrons. The average Bonchev–Trinajstić information content (AvgIpc) is 3.18. The van der Waals surface area contributed by atoms with Crippen molar-refractivity contribution in [1.82, 2.24) is 20.1 Å². The second-order valence-electron chi connectivity index (χ2n) is 6.42. The maximum atomic E-state index is 13.4. The third kappa shape index (κ3) is 3.98. The van der Waals surface area contributed by atoms with Crippen molar-refractivity contribution in [3.63, 3.8) is 0 Å². The Labute approximate surface area is 159 Å². The number of piperidine rings is 1. The summed E-state index contributed by atoms with van der Waals surface area (Å²) in [5, 5.41) is 7.90. The molecule has 2 aromatic heterocycles. The van der Waals surface area contributed by atoms with Crippen molar-refractivity contribution in [3.05, 3.63) is 60.3 Å². The molecule has 0 saturated carbocycles. The third-order valence-corrected chi connectivity index (χ3v) is 4.49. The zero-order valence-corrected chi connectivity index (χ0v) is 14.7. The second-order valence-corrected chi connectivity index (χ2v) is 6.42. The van der Waals surface area contributed by atoms with Crippen LogP contribution < -0.4 is 4.74 Å². The fourth-order valence-electron chi connectivity index (χ4n) is 3.08. The number of amides is 1. The van der Waals surface area contributed by atoms with Gasteiger partial charge in [0.25, 0.3) is 0 Å². The molecule has 1 aliphatic heterocycles. The summed E-state index contributed by atoms with van der Waals surface area (Å²) in [6, 6.07) is 6.40. The predicted molar refractivity (Wildman–Crippen MR) is 93.5 cm³/mol.